The third kappa shape index (κ3) is 5.25. The summed E-state index contributed by atoms with van der Waals surface area (Å²) in [5.74, 6) is -1.06. The van der Waals surface area contributed by atoms with Crippen LogP contribution in [0.15, 0.2) is 30.9 Å². The highest BCUT2D eigenvalue weighted by Crippen LogP contribution is 2.27. The Balaban J connectivity index is 2.17. The summed E-state index contributed by atoms with van der Waals surface area (Å²) in [4.78, 5) is 27.3. The van der Waals surface area contributed by atoms with Crippen molar-refractivity contribution < 1.29 is 27.5 Å². The van der Waals surface area contributed by atoms with Crippen LogP contribution >= 0.6 is 0 Å². The van der Waals surface area contributed by atoms with E-state index in [2.05, 4.69) is 11.9 Å². The van der Waals surface area contributed by atoms with E-state index in [4.69, 9.17) is 4.74 Å². The molecule has 1 aliphatic heterocycles. The van der Waals surface area contributed by atoms with Gasteiger partial charge in [0, 0.05) is 37.9 Å². The minimum atomic E-state index is -2.99. The maximum absolute atomic E-state index is 13.4. The van der Waals surface area contributed by atoms with Crippen molar-refractivity contribution in [2.45, 2.75) is 25.6 Å². The zero-order valence-corrected chi connectivity index (χ0v) is 15.8. The molecule has 0 spiro atoms. The molecule has 1 amide bonds. The molecule has 1 saturated heterocycles. The van der Waals surface area contributed by atoms with Crippen molar-refractivity contribution in [2.75, 3.05) is 43.5 Å². The number of anilines is 2. The molecule has 1 aliphatic rings. The molecular weight excluding hydrogens is 375 g/mol. The van der Waals surface area contributed by atoms with Crippen LogP contribution in [0.2, 0.25) is 0 Å². The van der Waals surface area contributed by atoms with E-state index >= 15 is 0 Å². The maximum atomic E-state index is 13.4. The number of amides is 1. The standard InChI is InChI=1S/C19H24F3N3O3/c1-4-17(26)23-16-9-13(5-6-14(16)19(27)28-3)25-8-7-24(12(2)10-25)11-15(20)18(21)22/h4-6,9,12,15,18H,1,7-8,10-11H2,2-3H3,(H,23,26). The lowest BCUT2D eigenvalue weighted by atomic mass is 10.1. The Morgan fingerprint density at radius 2 is 2.07 bits per heavy atom. The number of nitrogens with zero attached hydrogens (tertiary/aromatic N) is 2. The molecular formula is C19H24F3N3O3. The summed E-state index contributed by atoms with van der Waals surface area (Å²) in [5, 5.41) is 2.59. The summed E-state index contributed by atoms with van der Waals surface area (Å²) in [6, 6.07) is 4.77. The number of rotatable bonds is 7. The Bertz CT molecular complexity index is 730. The lowest BCUT2D eigenvalue weighted by Crippen LogP contribution is -2.54. The number of alkyl halides is 3. The van der Waals surface area contributed by atoms with Gasteiger partial charge in [-0.3, -0.25) is 9.69 Å². The minimum absolute atomic E-state index is 0.141. The Hall–Kier alpha value is -2.55. The number of nitrogens with one attached hydrogen (secondary N) is 1. The highest BCUT2D eigenvalue weighted by atomic mass is 19.3. The molecule has 1 fully saturated rings. The summed E-state index contributed by atoms with van der Waals surface area (Å²) < 4.78 is 43.0. The highest BCUT2D eigenvalue weighted by Gasteiger charge is 2.29. The van der Waals surface area contributed by atoms with Crippen LogP contribution in [0.25, 0.3) is 0 Å². The van der Waals surface area contributed by atoms with Crippen molar-refractivity contribution in [2.24, 2.45) is 0 Å². The molecule has 1 aromatic rings. The van der Waals surface area contributed by atoms with Gasteiger partial charge in [-0.05, 0) is 31.2 Å². The molecule has 0 radical (unpaired) electrons. The summed E-state index contributed by atoms with van der Waals surface area (Å²) in [5.41, 5.74) is 1.22. The van der Waals surface area contributed by atoms with Crippen molar-refractivity contribution >= 4 is 23.3 Å². The highest BCUT2D eigenvalue weighted by molar-refractivity contribution is 6.05. The summed E-state index contributed by atoms with van der Waals surface area (Å²) in [6.45, 7) is 6.32. The quantitative estimate of drug-likeness (QED) is 0.564. The SMILES string of the molecule is C=CC(=O)Nc1cc(N2CCN(CC(F)C(F)F)C(C)C2)ccc1C(=O)OC. The van der Waals surface area contributed by atoms with Gasteiger partial charge in [0.2, 0.25) is 5.91 Å². The van der Waals surface area contributed by atoms with E-state index in [9.17, 15) is 22.8 Å². The van der Waals surface area contributed by atoms with Crippen molar-refractivity contribution in [3.8, 4) is 0 Å². The van der Waals surface area contributed by atoms with Crippen LogP contribution in [0.1, 0.15) is 17.3 Å². The molecule has 1 aromatic carbocycles. The van der Waals surface area contributed by atoms with E-state index in [1.807, 2.05) is 11.8 Å². The van der Waals surface area contributed by atoms with Gasteiger partial charge in [-0.1, -0.05) is 6.58 Å². The van der Waals surface area contributed by atoms with Gasteiger partial charge in [-0.2, -0.15) is 0 Å². The van der Waals surface area contributed by atoms with Gasteiger partial charge in [0.25, 0.3) is 6.43 Å². The molecule has 0 saturated carbocycles. The second-order valence-electron chi connectivity index (χ2n) is 6.56. The molecule has 28 heavy (non-hydrogen) atoms. The molecule has 2 unspecified atom stereocenters. The average molecular weight is 399 g/mol. The normalized spacial score (nSPS) is 18.6. The van der Waals surface area contributed by atoms with Crippen molar-refractivity contribution in [3.05, 3.63) is 36.4 Å². The number of piperazine rings is 1. The number of carbonyl (C=O) groups excluding carboxylic acids is 2. The first kappa shape index (κ1) is 21.7. The molecule has 9 heteroatoms. The molecule has 2 rings (SSSR count). The van der Waals surface area contributed by atoms with Crippen molar-refractivity contribution in [1.82, 2.24) is 4.90 Å². The van der Waals surface area contributed by atoms with Crippen LogP contribution < -0.4 is 10.2 Å². The largest absolute Gasteiger partial charge is 0.465 e. The van der Waals surface area contributed by atoms with Gasteiger partial charge >= 0.3 is 5.97 Å². The van der Waals surface area contributed by atoms with Crippen LogP contribution in [0.5, 0.6) is 0 Å². The van der Waals surface area contributed by atoms with Crippen molar-refractivity contribution in [1.29, 1.82) is 0 Å². The van der Waals surface area contributed by atoms with Gasteiger partial charge in [0.05, 0.1) is 18.4 Å². The molecule has 0 aliphatic carbocycles. The first-order chi connectivity index (χ1) is 13.3. The van der Waals surface area contributed by atoms with E-state index in [1.165, 1.54) is 7.11 Å². The second-order valence-corrected chi connectivity index (χ2v) is 6.56. The van der Waals surface area contributed by atoms with E-state index < -0.39 is 24.5 Å². The van der Waals surface area contributed by atoms with E-state index in [0.717, 1.165) is 11.8 Å². The molecule has 1 heterocycles. The average Bonchev–Trinajstić information content (AvgIpc) is 2.68. The fourth-order valence-electron chi connectivity index (χ4n) is 3.11. The van der Waals surface area contributed by atoms with Crippen molar-refractivity contribution in [3.63, 3.8) is 0 Å². The summed E-state index contributed by atoms with van der Waals surface area (Å²) in [6.07, 6.45) is -4.08. The van der Waals surface area contributed by atoms with Gasteiger partial charge in [-0.15, -0.1) is 0 Å². The smallest absolute Gasteiger partial charge is 0.339 e. The van der Waals surface area contributed by atoms with E-state index in [1.54, 1.807) is 23.1 Å². The number of esters is 1. The minimum Gasteiger partial charge on any atom is -0.465 e. The van der Waals surface area contributed by atoms with Gasteiger partial charge in [-0.25, -0.2) is 18.0 Å². The number of benzene rings is 1. The van der Waals surface area contributed by atoms with Gasteiger partial charge in [0.15, 0.2) is 6.17 Å². The summed E-state index contributed by atoms with van der Waals surface area (Å²) >= 11 is 0. The molecule has 0 aromatic heterocycles. The number of methoxy groups -OCH3 is 1. The van der Waals surface area contributed by atoms with Crippen LogP contribution in [-0.4, -0.2) is 68.7 Å². The number of ether oxygens (including phenoxy) is 1. The molecule has 1 N–H and O–H groups in total. The van der Waals surface area contributed by atoms with Crippen LogP contribution in [0.3, 0.4) is 0 Å². The van der Waals surface area contributed by atoms with Gasteiger partial charge in [0.1, 0.15) is 0 Å². The predicted octanol–water partition coefficient (Wildman–Crippen LogP) is 2.71. The zero-order chi connectivity index (χ0) is 20.8. The van der Waals surface area contributed by atoms with Crippen LogP contribution in [0.4, 0.5) is 24.5 Å². The van der Waals surface area contributed by atoms with Crippen LogP contribution in [-0.2, 0) is 9.53 Å². The van der Waals surface area contributed by atoms with Gasteiger partial charge < -0.3 is 15.0 Å². The number of hydrogen-bond acceptors (Lipinski definition) is 5. The number of hydrogen-bond donors (Lipinski definition) is 1. The predicted molar refractivity (Wildman–Crippen MR) is 101 cm³/mol. The fourth-order valence-corrected chi connectivity index (χ4v) is 3.11. The Labute approximate surface area is 161 Å². The number of halogens is 3. The molecule has 154 valence electrons. The Morgan fingerprint density at radius 3 is 2.64 bits per heavy atom. The number of carbonyl (C=O) groups is 2. The van der Waals surface area contributed by atoms with E-state index in [-0.39, 0.29) is 23.8 Å². The van der Waals surface area contributed by atoms with E-state index in [0.29, 0.717) is 19.6 Å². The topological polar surface area (TPSA) is 61.9 Å². The Morgan fingerprint density at radius 1 is 1.36 bits per heavy atom. The molecule has 2 atom stereocenters. The first-order valence-corrected chi connectivity index (χ1v) is 8.83. The lowest BCUT2D eigenvalue weighted by Gasteiger charge is -2.41. The fraction of sp³-hybridized carbons (Fsp3) is 0.474. The molecule has 6 nitrogen and oxygen atoms in total. The third-order valence-corrected chi connectivity index (χ3v) is 4.66. The second kappa shape index (κ2) is 9.59. The Kier molecular flexibility index (Phi) is 7.45. The first-order valence-electron chi connectivity index (χ1n) is 8.83. The summed E-state index contributed by atoms with van der Waals surface area (Å²) in [7, 11) is 1.24. The zero-order valence-electron chi connectivity index (χ0n) is 15.8. The monoisotopic (exact) mass is 399 g/mol. The molecule has 0 bridgehead atoms. The maximum Gasteiger partial charge on any atom is 0.339 e. The third-order valence-electron chi connectivity index (χ3n) is 4.66. The lowest BCUT2D eigenvalue weighted by molar-refractivity contribution is -0.111. The van der Waals surface area contributed by atoms with Crippen LogP contribution in [0, 0.1) is 0 Å².